The number of nitrogens with one attached hydrogen (secondary N) is 1. The Kier molecular flexibility index (Phi) is 6.17. The molecule has 180 valence electrons. The molecule has 1 aliphatic heterocycles. The maximum atomic E-state index is 13.4. The number of ether oxygens (including phenoxy) is 2. The summed E-state index contributed by atoms with van der Waals surface area (Å²) in [6, 6.07) is 11.3. The lowest BCUT2D eigenvalue weighted by Crippen LogP contribution is -2.41. The molecule has 4 aromatic rings. The second kappa shape index (κ2) is 9.57. The summed E-state index contributed by atoms with van der Waals surface area (Å²) in [5.74, 6) is 1.09. The van der Waals surface area contributed by atoms with Gasteiger partial charge in [-0.1, -0.05) is 5.16 Å². The number of hydrogen-bond acceptors (Lipinski definition) is 8. The van der Waals surface area contributed by atoms with Crippen LogP contribution in [-0.2, 0) is 4.79 Å². The molecule has 0 saturated carbocycles. The van der Waals surface area contributed by atoms with Crippen molar-refractivity contribution in [1.29, 1.82) is 0 Å². The van der Waals surface area contributed by atoms with Crippen LogP contribution in [0, 0.1) is 11.7 Å². The van der Waals surface area contributed by atoms with Crippen molar-refractivity contribution < 1.29 is 23.2 Å². The number of piperidine rings is 1. The summed E-state index contributed by atoms with van der Waals surface area (Å²) >= 11 is 0. The van der Waals surface area contributed by atoms with Gasteiger partial charge in [0.2, 0.25) is 5.91 Å². The van der Waals surface area contributed by atoms with Crippen LogP contribution in [0.4, 0.5) is 15.9 Å². The van der Waals surface area contributed by atoms with Crippen LogP contribution in [0.3, 0.4) is 0 Å². The zero-order valence-electron chi connectivity index (χ0n) is 19.3. The minimum absolute atomic E-state index is 0.104. The van der Waals surface area contributed by atoms with E-state index < -0.39 is 0 Å². The monoisotopic (exact) mass is 477 g/mol. The summed E-state index contributed by atoms with van der Waals surface area (Å²) in [6.07, 6.45) is 2.97. The zero-order valence-corrected chi connectivity index (χ0v) is 19.3. The fourth-order valence-corrected chi connectivity index (χ4v) is 4.34. The van der Waals surface area contributed by atoms with Gasteiger partial charge in [-0.25, -0.2) is 9.37 Å². The third-order valence-electron chi connectivity index (χ3n) is 6.13. The molecule has 2 aromatic carbocycles. The van der Waals surface area contributed by atoms with Gasteiger partial charge in [0.1, 0.15) is 40.5 Å². The average molecular weight is 477 g/mol. The summed E-state index contributed by atoms with van der Waals surface area (Å²) in [5.41, 5.74) is 2.14. The number of amides is 1. The topological polar surface area (TPSA) is 103 Å². The highest BCUT2D eigenvalue weighted by Crippen LogP contribution is 2.35. The Labute approximate surface area is 200 Å². The Morgan fingerprint density at radius 3 is 2.74 bits per heavy atom. The number of fused-ring (bicyclic) bond motifs is 1. The third-order valence-corrected chi connectivity index (χ3v) is 6.13. The van der Waals surface area contributed by atoms with Gasteiger partial charge in [0.15, 0.2) is 0 Å². The van der Waals surface area contributed by atoms with Crippen molar-refractivity contribution in [3.63, 3.8) is 0 Å². The number of hydrogen-bond donors (Lipinski definition) is 1. The van der Waals surface area contributed by atoms with Crippen LogP contribution in [0.2, 0.25) is 0 Å². The van der Waals surface area contributed by atoms with E-state index in [0.717, 1.165) is 19.4 Å². The number of methoxy groups -OCH3 is 2. The van der Waals surface area contributed by atoms with E-state index in [-0.39, 0.29) is 17.6 Å². The van der Waals surface area contributed by atoms with E-state index in [4.69, 9.17) is 14.0 Å². The molecule has 1 amide bonds. The molecule has 1 atom stereocenters. The molecule has 0 aliphatic carbocycles. The highest BCUT2D eigenvalue weighted by Gasteiger charge is 2.30. The van der Waals surface area contributed by atoms with Gasteiger partial charge in [-0.15, -0.1) is 0 Å². The molecule has 1 N–H and O–H groups in total. The minimum atomic E-state index is -0.337. The van der Waals surface area contributed by atoms with Gasteiger partial charge in [0.25, 0.3) is 5.71 Å². The highest BCUT2D eigenvalue weighted by atomic mass is 19.1. The number of anilines is 2. The summed E-state index contributed by atoms with van der Waals surface area (Å²) < 4.78 is 29.5. The van der Waals surface area contributed by atoms with Crippen LogP contribution in [0.5, 0.6) is 11.5 Å². The van der Waals surface area contributed by atoms with E-state index in [1.165, 1.54) is 18.5 Å². The predicted molar refractivity (Wildman–Crippen MR) is 128 cm³/mol. The first kappa shape index (κ1) is 22.6. The third kappa shape index (κ3) is 4.46. The lowest BCUT2D eigenvalue weighted by Gasteiger charge is -2.33. The van der Waals surface area contributed by atoms with E-state index >= 15 is 0 Å². The van der Waals surface area contributed by atoms with E-state index in [1.807, 2.05) is 4.90 Å². The molecule has 1 aliphatic rings. The van der Waals surface area contributed by atoms with Gasteiger partial charge >= 0.3 is 0 Å². The Balaban J connectivity index is 1.40. The molecule has 0 radical (unpaired) electrons. The Hall–Kier alpha value is -4.21. The summed E-state index contributed by atoms with van der Waals surface area (Å²) in [4.78, 5) is 23.9. The fraction of sp³-hybridized carbons (Fsp3) is 0.280. The van der Waals surface area contributed by atoms with Crippen molar-refractivity contribution in [2.24, 2.45) is 5.92 Å². The largest absolute Gasteiger partial charge is 0.497 e. The Morgan fingerprint density at radius 2 is 1.97 bits per heavy atom. The number of carbonyl (C=O) groups excluding carboxylic acids is 1. The highest BCUT2D eigenvalue weighted by molar-refractivity contribution is 5.98. The summed E-state index contributed by atoms with van der Waals surface area (Å²) in [6.45, 7) is 1.18. The number of halogens is 1. The number of nitrogens with zero attached hydrogens (tertiary/aromatic N) is 4. The number of benzene rings is 2. The van der Waals surface area contributed by atoms with Crippen LogP contribution >= 0.6 is 0 Å². The van der Waals surface area contributed by atoms with Gasteiger partial charge in [0, 0.05) is 24.7 Å². The van der Waals surface area contributed by atoms with Crippen LogP contribution in [0.25, 0.3) is 22.4 Å². The van der Waals surface area contributed by atoms with Gasteiger partial charge in [0.05, 0.1) is 25.8 Å². The Morgan fingerprint density at radius 1 is 1.14 bits per heavy atom. The van der Waals surface area contributed by atoms with Crippen molar-refractivity contribution in [3.05, 3.63) is 54.6 Å². The second-order valence-electron chi connectivity index (χ2n) is 8.26. The first-order chi connectivity index (χ1) is 17.1. The van der Waals surface area contributed by atoms with Gasteiger partial charge in [-0.05, 0) is 49.2 Å². The summed E-state index contributed by atoms with van der Waals surface area (Å²) in [7, 11) is 3.12. The van der Waals surface area contributed by atoms with Crippen molar-refractivity contribution in [3.8, 4) is 22.8 Å². The molecular formula is C25H24FN5O4. The lowest BCUT2D eigenvalue weighted by molar-refractivity contribution is -0.120. The molecule has 3 heterocycles. The van der Waals surface area contributed by atoms with E-state index in [1.54, 1.807) is 44.6 Å². The zero-order chi connectivity index (χ0) is 24.4. The van der Waals surface area contributed by atoms with Crippen molar-refractivity contribution in [1.82, 2.24) is 15.1 Å². The Bertz CT molecular complexity index is 1360. The first-order valence-electron chi connectivity index (χ1n) is 11.2. The lowest BCUT2D eigenvalue weighted by atomic mass is 9.96. The maximum Gasteiger partial charge on any atom is 0.263 e. The SMILES string of the molecule is COc1ccc(NC(=O)[C@H]2CCCN(c3ncnc4onc(-c5ccc(F)cc5)c34)C2)c(OC)c1. The smallest absolute Gasteiger partial charge is 0.263 e. The van der Waals surface area contributed by atoms with Crippen LogP contribution in [0.1, 0.15) is 12.8 Å². The summed E-state index contributed by atoms with van der Waals surface area (Å²) in [5, 5.41) is 7.78. The van der Waals surface area contributed by atoms with Crippen LogP contribution in [0.15, 0.2) is 53.3 Å². The predicted octanol–water partition coefficient (Wildman–Crippen LogP) is 4.30. The molecule has 1 fully saturated rings. The van der Waals surface area contributed by atoms with Gasteiger partial charge in [-0.3, -0.25) is 4.79 Å². The molecule has 0 bridgehead atoms. The molecule has 35 heavy (non-hydrogen) atoms. The van der Waals surface area contributed by atoms with E-state index in [9.17, 15) is 9.18 Å². The van der Waals surface area contributed by atoms with E-state index in [2.05, 4.69) is 20.4 Å². The van der Waals surface area contributed by atoms with Crippen LogP contribution in [-0.4, -0.2) is 48.3 Å². The maximum absolute atomic E-state index is 13.4. The second-order valence-corrected chi connectivity index (χ2v) is 8.26. The number of aromatic nitrogens is 3. The molecule has 2 aromatic heterocycles. The molecule has 0 spiro atoms. The minimum Gasteiger partial charge on any atom is -0.497 e. The molecular weight excluding hydrogens is 453 g/mol. The van der Waals surface area contributed by atoms with E-state index in [0.29, 0.717) is 51.9 Å². The van der Waals surface area contributed by atoms with Gasteiger partial charge < -0.3 is 24.2 Å². The number of rotatable bonds is 6. The fourth-order valence-electron chi connectivity index (χ4n) is 4.34. The molecule has 9 nitrogen and oxygen atoms in total. The van der Waals surface area contributed by atoms with Crippen LogP contribution < -0.4 is 19.7 Å². The number of carbonyl (C=O) groups is 1. The normalized spacial score (nSPS) is 15.7. The molecule has 10 heteroatoms. The molecule has 1 saturated heterocycles. The first-order valence-corrected chi connectivity index (χ1v) is 11.2. The standard InChI is InChI=1S/C25H24FN5O4/c1-33-18-9-10-19(20(12-18)34-2)29-24(32)16-4-3-11-31(13-16)23-21-22(15-5-7-17(26)8-6-15)30-35-25(21)28-14-27-23/h5-10,12,14,16H,3-4,11,13H2,1-2H3,(H,29,32)/t16-/m0/s1. The average Bonchev–Trinajstić information content (AvgIpc) is 3.34. The van der Waals surface area contributed by atoms with Gasteiger partial charge in [-0.2, -0.15) is 4.98 Å². The van der Waals surface area contributed by atoms with Crippen molar-refractivity contribution in [2.75, 3.05) is 37.5 Å². The van der Waals surface area contributed by atoms with Crippen molar-refractivity contribution in [2.45, 2.75) is 12.8 Å². The molecule has 5 rings (SSSR count). The molecule has 0 unspecified atom stereocenters. The van der Waals surface area contributed by atoms with Crippen molar-refractivity contribution >= 4 is 28.5 Å². The quantitative estimate of drug-likeness (QED) is 0.439.